The molecule has 1 N–H and O–H groups in total. The number of halogens is 4. The molecule has 1 atom stereocenters. The van der Waals surface area contributed by atoms with Crippen LogP contribution in [0.2, 0.25) is 15.1 Å². The van der Waals surface area contributed by atoms with Crippen molar-refractivity contribution in [1.29, 1.82) is 0 Å². The van der Waals surface area contributed by atoms with Crippen LogP contribution >= 0.6 is 46.4 Å². The highest BCUT2D eigenvalue weighted by atomic mass is 35.5. The Balaban J connectivity index is 1.72. The zero-order valence-electron chi connectivity index (χ0n) is 12.3. The molecule has 0 aliphatic rings. The van der Waals surface area contributed by atoms with Crippen LogP contribution in [0.1, 0.15) is 0 Å². The van der Waals surface area contributed by atoms with E-state index in [0.717, 1.165) is 0 Å². The summed E-state index contributed by atoms with van der Waals surface area (Å²) >= 11 is 23.5. The number of anilines is 1. The van der Waals surface area contributed by atoms with Gasteiger partial charge in [0, 0.05) is 10.7 Å². The first-order valence-corrected chi connectivity index (χ1v) is 8.42. The first kappa shape index (κ1) is 19.0. The molecule has 0 heterocycles. The third kappa shape index (κ3) is 6.29. The molecule has 0 radical (unpaired) electrons. The smallest absolute Gasteiger partial charge is 0.411 e. The van der Waals surface area contributed by atoms with Crippen LogP contribution in [0, 0.1) is 0 Å². The van der Waals surface area contributed by atoms with E-state index in [1.807, 2.05) is 0 Å². The molecule has 2 rings (SSSR count). The molecule has 0 unspecified atom stereocenters. The van der Waals surface area contributed by atoms with E-state index in [1.165, 1.54) is 6.07 Å². The van der Waals surface area contributed by atoms with Crippen molar-refractivity contribution < 1.29 is 14.3 Å². The maximum Gasteiger partial charge on any atom is 0.411 e. The highest BCUT2D eigenvalue weighted by molar-refractivity contribution is 6.42. The van der Waals surface area contributed by atoms with Crippen molar-refractivity contribution in [2.75, 3.05) is 18.5 Å². The van der Waals surface area contributed by atoms with E-state index in [0.29, 0.717) is 26.5 Å². The Hall–Kier alpha value is -1.33. The number of nitrogens with one attached hydrogen (secondary N) is 1. The van der Waals surface area contributed by atoms with Gasteiger partial charge in [0.05, 0.1) is 10.0 Å². The Bertz CT molecular complexity index is 694. The van der Waals surface area contributed by atoms with Gasteiger partial charge in [0.15, 0.2) is 0 Å². The van der Waals surface area contributed by atoms with Gasteiger partial charge in [-0.2, -0.15) is 0 Å². The van der Waals surface area contributed by atoms with Crippen molar-refractivity contribution >= 4 is 58.2 Å². The van der Waals surface area contributed by atoms with Gasteiger partial charge in [0.1, 0.15) is 24.3 Å². The van der Waals surface area contributed by atoms with Gasteiger partial charge in [0.2, 0.25) is 0 Å². The number of amides is 1. The molecule has 0 aromatic heterocycles. The molecule has 2 aromatic carbocycles. The summed E-state index contributed by atoms with van der Waals surface area (Å²) in [6, 6.07) is 11.6. The Kier molecular flexibility index (Phi) is 7.31. The molecule has 1 amide bonds. The fraction of sp³-hybridized carbons (Fsp3) is 0.188. The second-order valence-electron chi connectivity index (χ2n) is 4.71. The second-order valence-corrected chi connectivity index (χ2v) is 6.58. The van der Waals surface area contributed by atoms with Gasteiger partial charge in [-0.1, -0.05) is 34.8 Å². The third-order valence-corrected chi connectivity index (χ3v) is 4.05. The SMILES string of the molecule is O=C(Nc1ccc(Cl)c(Cl)c1)OC[C@@H](Cl)COc1ccc(Cl)cc1. The lowest BCUT2D eigenvalue weighted by molar-refractivity contribution is 0.153. The zero-order chi connectivity index (χ0) is 17.5. The fourth-order valence-corrected chi connectivity index (χ4v) is 2.21. The van der Waals surface area contributed by atoms with Gasteiger partial charge in [-0.05, 0) is 42.5 Å². The van der Waals surface area contributed by atoms with Crippen LogP contribution < -0.4 is 10.1 Å². The summed E-state index contributed by atoms with van der Waals surface area (Å²) in [6.07, 6.45) is -0.648. The molecule has 2 aromatic rings. The second kappa shape index (κ2) is 9.23. The van der Waals surface area contributed by atoms with Crippen LogP contribution in [-0.2, 0) is 4.74 Å². The molecule has 0 saturated heterocycles. The summed E-state index contributed by atoms with van der Waals surface area (Å²) in [5, 5.41) is 3.38. The topological polar surface area (TPSA) is 47.6 Å². The van der Waals surface area contributed by atoms with E-state index < -0.39 is 11.5 Å². The molecule has 0 fully saturated rings. The van der Waals surface area contributed by atoms with Crippen molar-refractivity contribution in [3.05, 3.63) is 57.5 Å². The third-order valence-electron chi connectivity index (χ3n) is 2.81. The normalized spacial score (nSPS) is 11.7. The van der Waals surface area contributed by atoms with Gasteiger partial charge in [-0.15, -0.1) is 11.6 Å². The summed E-state index contributed by atoms with van der Waals surface area (Å²) in [5.74, 6) is 0.630. The van der Waals surface area contributed by atoms with Crippen molar-refractivity contribution in [2.24, 2.45) is 0 Å². The van der Waals surface area contributed by atoms with Crippen LogP contribution in [0.5, 0.6) is 5.75 Å². The van der Waals surface area contributed by atoms with Gasteiger partial charge >= 0.3 is 6.09 Å². The lowest BCUT2D eigenvalue weighted by Crippen LogP contribution is -2.23. The monoisotopic (exact) mass is 407 g/mol. The van der Waals surface area contributed by atoms with Crippen molar-refractivity contribution in [1.82, 2.24) is 0 Å². The summed E-state index contributed by atoms with van der Waals surface area (Å²) in [6.45, 7) is 0.172. The molecular weight excluding hydrogens is 396 g/mol. The van der Waals surface area contributed by atoms with Gasteiger partial charge in [-0.3, -0.25) is 5.32 Å². The number of hydrogen-bond donors (Lipinski definition) is 1. The standard InChI is InChI=1S/C16H13Cl4NO3/c17-10-1-4-13(5-2-10)23-8-11(18)9-24-16(22)21-12-3-6-14(19)15(20)7-12/h1-7,11H,8-9H2,(H,21,22)/t11-/m0/s1. The number of alkyl halides is 1. The summed E-state index contributed by atoms with van der Waals surface area (Å²) < 4.78 is 10.5. The van der Waals surface area contributed by atoms with Crippen molar-refractivity contribution in [3.63, 3.8) is 0 Å². The van der Waals surface area contributed by atoms with E-state index in [-0.39, 0.29) is 13.2 Å². The maximum absolute atomic E-state index is 11.7. The largest absolute Gasteiger partial charge is 0.492 e. The molecule has 8 heteroatoms. The first-order chi connectivity index (χ1) is 11.4. The minimum Gasteiger partial charge on any atom is -0.492 e. The molecule has 0 bridgehead atoms. The Morgan fingerprint density at radius 2 is 1.71 bits per heavy atom. The predicted molar refractivity (Wildman–Crippen MR) is 98.0 cm³/mol. The molecule has 0 saturated carbocycles. The average Bonchev–Trinajstić information content (AvgIpc) is 2.56. The molecule has 4 nitrogen and oxygen atoms in total. The predicted octanol–water partition coefficient (Wildman–Crippen LogP) is 5.88. The lowest BCUT2D eigenvalue weighted by Gasteiger charge is -2.13. The van der Waals surface area contributed by atoms with Crippen LogP contribution in [-0.4, -0.2) is 24.7 Å². The van der Waals surface area contributed by atoms with Crippen LogP contribution in [0.3, 0.4) is 0 Å². The maximum atomic E-state index is 11.7. The lowest BCUT2D eigenvalue weighted by atomic mass is 10.3. The van der Waals surface area contributed by atoms with Gasteiger partial charge < -0.3 is 9.47 Å². The number of carbonyl (C=O) groups is 1. The number of ether oxygens (including phenoxy) is 2. The Labute approximate surface area is 159 Å². The summed E-state index contributed by atoms with van der Waals surface area (Å²) in [7, 11) is 0. The zero-order valence-corrected chi connectivity index (χ0v) is 15.3. The van der Waals surface area contributed by atoms with Gasteiger partial charge in [-0.25, -0.2) is 4.79 Å². The molecule has 0 aliphatic carbocycles. The molecular formula is C16H13Cl4NO3. The molecule has 128 valence electrons. The minimum atomic E-state index is -0.648. The summed E-state index contributed by atoms with van der Waals surface area (Å²) in [4.78, 5) is 11.7. The molecule has 0 spiro atoms. The average molecular weight is 409 g/mol. The highest BCUT2D eigenvalue weighted by Gasteiger charge is 2.11. The van der Waals surface area contributed by atoms with Crippen LogP contribution in [0.15, 0.2) is 42.5 Å². The minimum absolute atomic E-state index is 0.0116. The summed E-state index contributed by atoms with van der Waals surface area (Å²) in [5.41, 5.74) is 0.470. The molecule has 24 heavy (non-hydrogen) atoms. The quantitative estimate of drug-likeness (QED) is 0.607. The number of carbonyl (C=O) groups excluding carboxylic acids is 1. The van der Waals surface area contributed by atoms with E-state index in [1.54, 1.807) is 36.4 Å². The van der Waals surface area contributed by atoms with Gasteiger partial charge in [0.25, 0.3) is 0 Å². The highest BCUT2D eigenvalue weighted by Crippen LogP contribution is 2.25. The van der Waals surface area contributed by atoms with Crippen LogP contribution in [0.25, 0.3) is 0 Å². The van der Waals surface area contributed by atoms with E-state index >= 15 is 0 Å². The van der Waals surface area contributed by atoms with E-state index in [2.05, 4.69) is 5.32 Å². The number of benzene rings is 2. The Morgan fingerprint density at radius 1 is 1.00 bits per heavy atom. The molecule has 0 aliphatic heterocycles. The first-order valence-electron chi connectivity index (χ1n) is 6.85. The Morgan fingerprint density at radius 3 is 2.38 bits per heavy atom. The van der Waals surface area contributed by atoms with Crippen molar-refractivity contribution in [2.45, 2.75) is 5.38 Å². The van der Waals surface area contributed by atoms with E-state index in [4.69, 9.17) is 55.9 Å². The number of rotatable bonds is 6. The number of hydrogen-bond acceptors (Lipinski definition) is 3. The van der Waals surface area contributed by atoms with Crippen molar-refractivity contribution in [3.8, 4) is 5.75 Å². The fourth-order valence-electron chi connectivity index (χ4n) is 1.66. The van der Waals surface area contributed by atoms with E-state index in [9.17, 15) is 4.79 Å². The van der Waals surface area contributed by atoms with Crippen LogP contribution in [0.4, 0.5) is 10.5 Å².